The Hall–Kier alpha value is -1.45. The maximum atomic E-state index is 12.0. The predicted octanol–water partition coefficient (Wildman–Crippen LogP) is 2.98. The van der Waals surface area contributed by atoms with Crippen molar-refractivity contribution in [3.05, 3.63) is 35.4 Å². The molecule has 0 spiro atoms. The maximum absolute atomic E-state index is 12.0. The fraction of sp³-hybridized carbons (Fsp3) is 0.462. The lowest BCUT2D eigenvalue weighted by molar-refractivity contribution is 0.0891. The van der Waals surface area contributed by atoms with Gasteiger partial charge in [0.15, 0.2) is 0 Å². The molecule has 0 aliphatic rings. The summed E-state index contributed by atoms with van der Waals surface area (Å²) in [7, 11) is 0. The van der Waals surface area contributed by atoms with Crippen LogP contribution in [0.2, 0.25) is 0 Å². The van der Waals surface area contributed by atoms with E-state index >= 15 is 0 Å². The van der Waals surface area contributed by atoms with E-state index in [1.165, 1.54) is 0 Å². The lowest BCUT2D eigenvalue weighted by Gasteiger charge is -2.19. The van der Waals surface area contributed by atoms with Crippen LogP contribution in [0, 0.1) is 0 Å². The van der Waals surface area contributed by atoms with Crippen molar-refractivity contribution >= 4 is 5.91 Å². The molecule has 1 aromatic rings. The van der Waals surface area contributed by atoms with E-state index in [1.807, 2.05) is 26.8 Å². The molecule has 1 aromatic carbocycles. The molecule has 1 N–H and O–H groups in total. The number of amides is 1. The van der Waals surface area contributed by atoms with Crippen molar-refractivity contribution in [2.45, 2.75) is 32.6 Å². The monoisotopic (exact) mass is 241 g/mol. The van der Waals surface area contributed by atoms with Crippen molar-refractivity contribution in [1.82, 2.24) is 5.32 Å². The summed E-state index contributed by atoms with van der Waals surface area (Å²) in [6, 6.07) is 7.04. The largest absolute Gasteiger partial charge is 0.346 e. The standard InChI is InChI=1S/C13H17F2NO/c1-13(2,3)10-6-4-5-9(7-10)12(17)16-8-11(14)15/h4-7,11H,8H2,1-3H3,(H,16,17). The van der Waals surface area contributed by atoms with Gasteiger partial charge in [-0.05, 0) is 23.1 Å². The van der Waals surface area contributed by atoms with Crippen LogP contribution in [-0.2, 0) is 5.41 Å². The van der Waals surface area contributed by atoms with Gasteiger partial charge in [0.05, 0.1) is 6.54 Å². The van der Waals surface area contributed by atoms with Gasteiger partial charge in [-0.15, -0.1) is 0 Å². The topological polar surface area (TPSA) is 29.1 Å². The highest BCUT2D eigenvalue weighted by Crippen LogP contribution is 2.22. The van der Waals surface area contributed by atoms with Gasteiger partial charge in [0.1, 0.15) is 0 Å². The third-order valence-electron chi connectivity index (χ3n) is 2.41. The zero-order valence-corrected chi connectivity index (χ0v) is 10.3. The SMILES string of the molecule is CC(C)(C)c1cccc(C(=O)NCC(F)F)c1. The Morgan fingerprint density at radius 1 is 1.35 bits per heavy atom. The molecule has 94 valence electrons. The first-order chi connectivity index (χ1) is 7.80. The summed E-state index contributed by atoms with van der Waals surface area (Å²) in [5.41, 5.74) is 1.35. The second-order valence-corrected chi connectivity index (χ2v) is 4.93. The lowest BCUT2D eigenvalue weighted by Crippen LogP contribution is -2.28. The van der Waals surface area contributed by atoms with Crippen molar-refractivity contribution in [2.24, 2.45) is 0 Å². The smallest absolute Gasteiger partial charge is 0.255 e. The molecular weight excluding hydrogens is 224 g/mol. The maximum Gasteiger partial charge on any atom is 0.255 e. The second kappa shape index (κ2) is 5.25. The quantitative estimate of drug-likeness (QED) is 0.866. The average Bonchev–Trinajstić information content (AvgIpc) is 2.25. The van der Waals surface area contributed by atoms with Gasteiger partial charge >= 0.3 is 0 Å². The zero-order valence-electron chi connectivity index (χ0n) is 10.3. The Morgan fingerprint density at radius 3 is 2.53 bits per heavy atom. The van der Waals surface area contributed by atoms with E-state index in [4.69, 9.17) is 0 Å². The number of nitrogens with one attached hydrogen (secondary N) is 1. The van der Waals surface area contributed by atoms with Crippen LogP contribution in [0.5, 0.6) is 0 Å². The van der Waals surface area contributed by atoms with Crippen molar-refractivity contribution in [1.29, 1.82) is 0 Å². The van der Waals surface area contributed by atoms with Gasteiger partial charge in [-0.25, -0.2) is 8.78 Å². The Bertz CT molecular complexity index is 397. The fourth-order valence-electron chi connectivity index (χ4n) is 1.40. The van der Waals surface area contributed by atoms with Crippen LogP contribution in [-0.4, -0.2) is 18.9 Å². The highest BCUT2D eigenvalue weighted by atomic mass is 19.3. The van der Waals surface area contributed by atoms with Gasteiger partial charge in [-0.3, -0.25) is 4.79 Å². The van der Waals surface area contributed by atoms with Crippen LogP contribution in [0.1, 0.15) is 36.7 Å². The van der Waals surface area contributed by atoms with Crippen LogP contribution < -0.4 is 5.32 Å². The number of halogens is 2. The molecule has 0 bridgehead atoms. The van der Waals surface area contributed by atoms with Gasteiger partial charge in [0, 0.05) is 5.56 Å². The minimum Gasteiger partial charge on any atom is -0.346 e. The van der Waals surface area contributed by atoms with E-state index < -0.39 is 18.9 Å². The Labute approximate surface area is 100 Å². The molecule has 0 saturated heterocycles. The van der Waals surface area contributed by atoms with E-state index in [-0.39, 0.29) is 5.41 Å². The lowest BCUT2D eigenvalue weighted by atomic mass is 9.86. The first kappa shape index (κ1) is 13.6. The van der Waals surface area contributed by atoms with E-state index in [1.54, 1.807) is 18.2 Å². The van der Waals surface area contributed by atoms with Crippen LogP contribution in [0.3, 0.4) is 0 Å². The first-order valence-corrected chi connectivity index (χ1v) is 5.47. The summed E-state index contributed by atoms with van der Waals surface area (Å²) in [5, 5.41) is 2.19. The molecule has 2 nitrogen and oxygen atoms in total. The summed E-state index contributed by atoms with van der Waals surface area (Å²) >= 11 is 0. The van der Waals surface area contributed by atoms with Crippen molar-refractivity contribution in [3.63, 3.8) is 0 Å². The van der Waals surface area contributed by atoms with Crippen LogP contribution in [0.4, 0.5) is 8.78 Å². The molecule has 4 heteroatoms. The molecule has 0 unspecified atom stereocenters. The summed E-state index contributed by atoms with van der Waals surface area (Å²) in [6.07, 6.45) is -2.52. The molecule has 0 atom stereocenters. The van der Waals surface area contributed by atoms with E-state index in [0.717, 1.165) is 5.56 Å². The van der Waals surface area contributed by atoms with Crippen molar-refractivity contribution in [2.75, 3.05) is 6.54 Å². The third kappa shape index (κ3) is 4.13. The molecule has 0 aromatic heterocycles. The van der Waals surface area contributed by atoms with Crippen molar-refractivity contribution < 1.29 is 13.6 Å². The number of rotatable bonds is 3. The summed E-state index contributed by atoms with van der Waals surface area (Å²) in [5.74, 6) is -0.462. The molecule has 0 aliphatic heterocycles. The highest BCUT2D eigenvalue weighted by molar-refractivity contribution is 5.94. The Kier molecular flexibility index (Phi) is 4.21. The predicted molar refractivity (Wildman–Crippen MR) is 63.5 cm³/mol. The zero-order chi connectivity index (χ0) is 13.1. The molecule has 1 rings (SSSR count). The summed E-state index contributed by atoms with van der Waals surface area (Å²) in [6.45, 7) is 5.48. The number of benzene rings is 1. The van der Waals surface area contributed by atoms with E-state index in [0.29, 0.717) is 5.56 Å². The second-order valence-electron chi connectivity index (χ2n) is 4.93. The molecule has 0 aliphatic carbocycles. The first-order valence-electron chi connectivity index (χ1n) is 5.47. The Balaban J connectivity index is 2.81. The van der Waals surface area contributed by atoms with Crippen LogP contribution in [0.25, 0.3) is 0 Å². The highest BCUT2D eigenvalue weighted by Gasteiger charge is 2.16. The fourth-order valence-corrected chi connectivity index (χ4v) is 1.40. The average molecular weight is 241 g/mol. The van der Waals surface area contributed by atoms with Crippen LogP contribution in [0.15, 0.2) is 24.3 Å². The van der Waals surface area contributed by atoms with Gasteiger partial charge in [-0.2, -0.15) is 0 Å². The van der Waals surface area contributed by atoms with Gasteiger partial charge in [0.25, 0.3) is 12.3 Å². The van der Waals surface area contributed by atoms with Gasteiger partial charge < -0.3 is 5.32 Å². The third-order valence-corrected chi connectivity index (χ3v) is 2.41. The van der Waals surface area contributed by atoms with E-state index in [2.05, 4.69) is 5.32 Å². The molecule has 0 heterocycles. The van der Waals surface area contributed by atoms with Crippen LogP contribution >= 0.6 is 0 Å². The molecule has 17 heavy (non-hydrogen) atoms. The number of hydrogen-bond donors (Lipinski definition) is 1. The molecule has 0 saturated carbocycles. The minimum absolute atomic E-state index is 0.0704. The number of carbonyl (C=O) groups excluding carboxylic acids is 1. The van der Waals surface area contributed by atoms with E-state index in [9.17, 15) is 13.6 Å². The summed E-state index contributed by atoms with van der Waals surface area (Å²) in [4.78, 5) is 11.6. The molecule has 0 radical (unpaired) electrons. The van der Waals surface area contributed by atoms with Gasteiger partial charge in [0.2, 0.25) is 0 Å². The van der Waals surface area contributed by atoms with Crippen molar-refractivity contribution in [3.8, 4) is 0 Å². The van der Waals surface area contributed by atoms with Gasteiger partial charge in [-0.1, -0.05) is 32.9 Å². The minimum atomic E-state index is -2.52. The number of carbonyl (C=O) groups is 1. The number of alkyl halides is 2. The molecule has 0 fully saturated rings. The normalized spacial score (nSPS) is 11.6. The molecule has 1 amide bonds. The number of hydrogen-bond acceptors (Lipinski definition) is 1. The summed E-state index contributed by atoms with van der Waals surface area (Å²) < 4.78 is 23.9. The Morgan fingerprint density at radius 2 is 2.00 bits per heavy atom. The molecular formula is C13H17F2NO.